The van der Waals surface area contributed by atoms with Gasteiger partial charge in [-0.25, -0.2) is 4.79 Å². The van der Waals surface area contributed by atoms with Gasteiger partial charge in [-0.3, -0.25) is 4.98 Å². The molecule has 0 saturated heterocycles. The maximum Gasteiger partial charge on any atom is 0.417 e. The smallest absolute Gasteiger partial charge is 0.408 e. The molecule has 2 atom stereocenters. The second kappa shape index (κ2) is 6.06. The molecule has 4 nitrogen and oxygen atoms in total. The van der Waals surface area contributed by atoms with Crippen LogP contribution in [0, 0.1) is 11.3 Å². The summed E-state index contributed by atoms with van der Waals surface area (Å²) in [6.07, 6.45) is 1.05. The van der Waals surface area contributed by atoms with Crippen LogP contribution in [0.1, 0.15) is 52.6 Å². The monoisotopic (exact) mass is 290 g/mol. The van der Waals surface area contributed by atoms with Gasteiger partial charge in [0.25, 0.3) is 0 Å². The van der Waals surface area contributed by atoms with E-state index in [1.54, 1.807) is 0 Å². The van der Waals surface area contributed by atoms with Crippen molar-refractivity contribution in [2.24, 2.45) is 11.3 Å². The number of benzene rings is 1. The summed E-state index contributed by atoms with van der Waals surface area (Å²) < 4.78 is 5.17. The number of hydrogen-bond acceptors (Lipinski definition) is 3. The average Bonchev–Trinajstić information content (AvgIpc) is 2.75. The average molecular weight is 290 g/mol. The Bertz CT molecular complexity index is 649. The third-order valence-electron chi connectivity index (χ3n) is 4.37. The molecule has 0 amide bonds. The van der Waals surface area contributed by atoms with Crippen molar-refractivity contribution < 1.29 is 4.42 Å². The van der Waals surface area contributed by atoms with E-state index in [1.165, 1.54) is 5.56 Å². The molecule has 1 heterocycles. The second-order valence-corrected chi connectivity index (χ2v) is 6.88. The molecule has 21 heavy (non-hydrogen) atoms. The van der Waals surface area contributed by atoms with Gasteiger partial charge < -0.3 is 9.73 Å². The normalized spacial score (nSPS) is 15.3. The van der Waals surface area contributed by atoms with Crippen LogP contribution in [0.15, 0.2) is 27.4 Å². The van der Waals surface area contributed by atoms with Crippen LogP contribution in [0.3, 0.4) is 0 Å². The van der Waals surface area contributed by atoms with E-state index in [9.17, 15) is 4.79 Å². The largest absolute Gasteiger partial charge is 0.417 e. The lowest BCUT2D eigenvalue weighted by Crippen LogP contribution is -2.27. The molecule has 1 aromatic heterocycles. The van der Waals surface area contributed by atoms with Crippen molar-refractivity contribution in [3.63, 3.8) is 0 Å². The van der Waals surface area contributed by atoms with E-state index in [0.29, 0.717) is 11.5 Å². The van der Waals surface area contributed by atoms with Crippen LogP contribution < -0.4 is 11.1 Å². The molecule has 0 spiro atoms. The molecule has 2 unspecified atom stereocenters. The molecule has 0 aliphatic rings. The SMILES string of the molecule is CCNC(CC(C)C(C)(C)C)c1ccc2[nH]c(=O)oc2c1. The first kappa shape index (κ1) is 15.8. The third kappa shape index (κ3) is 3.76. The molecule has 4 heteroatoms. The van der Waals surface area contributed by atoms with E-state index >= 15 is 0 Å². The van der Waals surface area contributed by atoms with Crippen LogP contribution in [-0.4, -0.2) is 11.5 Å². The first-order chi connectivity index (χ1) is 9.81. The minimum atomic E-state index is -0.398. The van der Waals surface area contributed by atoms with E-state index in [0.717, 1.165) is 18.5 Å². The standard InChI is InChI=1S/C17H26N2O2/c1-6-18-14(9-11(2)17(3,4)5)12-7-8-13-15(10-12)21-16(20)19-13/h7-8,10-11,14,18H,6,9H2,1-5H3,(H,19,20). The molecule has 0 saturated carbocycles. The fraction of sp³-hybridized carbons (Fsp3) is 0.588. The van der Waals surface area contributed by atoms with E-state index in [-0.39, 0.29) is 11.5 Å². The Morgan fingerprint density at radius 3 is 2.67 bits per heavy atom. The van der Waals surface area contributed by atoms with Crippen molar-refractivity contribution in [2.75, 3.05) is 6.54 Å². The summed E-state index contributed by atoms with van der Waals surface area (Å²) in [5, 5.41) is 3.54. The summed E-state index contributed by atoms with van der Waals surface area (Å²) in [6.45, 7) is 12.1. The molecule has 2 aromatic rings. The first-order valence-electron chi connectivity index (χ1n) is 7.67. The molecule has 0 bridgehead atoms. The van der Waals surface area contributed by atoms with Crippen molar-refractivity contribution in [3.8, 4) is 0 Å². The van der Waals surface area contributed by atoms with Crippen molar-refractivity contribution in [1.29, 1.82) is 0 Å². The van der Waals surface area contributed by atoms with Crippen LogP contribution in [0.25, 0.3) is 11.1 Å². The summed E-state index contributed by atoms with van der Waals surface area (Å²) in [5.41, 5.74) is 2.83. The Morgan fingerprint density at radius 2 is 2.05 bits per heavy atom. The van der Waals surface area contributed by atoms with E-state index in [4.69, 9.17) is 4.42 Å². The van der Waals surface area contributed by atoms with Gasteiger partial charge in [0, 0.05) is 6.04 Å². The summed E-state index contributed by atoms with van der Waals surface area (Å²) in [5.74, 6) is 0.181. The maximum atomic E-state index is 11.3. The molecule has 0 aliphatic carbocycles. The lowest BCUT2D eigenvalue weighted by atomic mass is 9.77. The maximum absolute atomic E-state index is 11.3. The van der Waals surface area contributed by atoms with Crippen LogP contribution in [0.5, 0.6) is 0 Å². The lowest BCUT2D eigenvalue weighted by Gasteiger charge is -2.31. The molecule has 0 fully saturated rings. The first-order valence-corrected chi connectivity index (χ1v) is 7.67. The minimum Gasteiger partial charge on any atom is -0.408 e. The van der Waals surface area contributed by atoms with Gasteiger partial charge in [0.1, 0.15) is 0 Å². The summed E-state index contributed by atoms with van der Waals surface area (Å²) in [4.78, 5) is 13.9. The van der Waals surface area contributed by atoms with Gasteiger partial charge in [-0.05, 0) is 42.0 Å². The highest BCUT2D eigenvalue weighted by Crippen LogP contribution is 2.33. The van der Waals surface area contributed by atoms with Gasteiger partial charge in [-0.1, -0.05) is 40.7 Å². The number of fused-ring (bicyclic) bond motifs is 1. The van der Waals surface area contributed by atoms with E-state index < -0.39 is 5.76 Å². The van der Waals surface area contributed by atoms with Gasteiger partial charge >= 0.3 is 5.76 Å². The number of hydrogen-bond donors (Lipinski definition) is 2. The van der Waals surface area contributed by atoms with Crippen LogP contribution in [0.2, 0.25) is 0 Å². The molecule has 2 N–H and O–H groups in total. The summed E-state index contributed by atoms with van der Waals surface area (Å²) in [7, 11) is 0. The number of aromatic nitrogens is 1. The van der Waals surface area contributed by atoms with Crippen molar-refractivity contribution in [3.05, 3.63) is 34.3 Å². The highest BCUT2D eigenvalue weighted by Gasteiger charge is 2.24. The van der Waals surface area contributed by atoms with Crippen LogP contribution in [0.4, 0.5) is 0 Å². The van der Waals surface area contributed by atoms with Gasteiger partial charge in [0.2, 0.25) is 0 Å². The number of nitrogens with one attached hydrogen (secondary N) is 2. The Hall–Kier alpha value is -1.55. The molecular weight excluding hydrogens is 264 g/mol. The molecule has 2 rings (SSSR count). The summed E-state index contributed by atoms with van der Waals surface area (Å²) >= 11 is 0. The quantitative estimate of drug-likeness (QED) is 0.879. The van der Waals surface area contributed by atoms with Crippen LogP contribution in [-0.2, 0) is 0 Å². The number of oxazole rings is 1. The lowest BCUT2D eigenvalue weighted by molar-refractivity contribution is 0.224. The minimum absolute atomic E-state index is 0.272. The zero-order chi connectivity index (χ0) is 15.6. The van der Waals surface area contributed by atoms with Crippen molar-refractivity contribution in [1.82, 2.24) is 10.3 Å². The highest BCUT2D eigenvalue weighted by atomic mass is 16.4. The van der Waals surface area contributed by atoms with E-state index in [2.05, 4.69) is 51.0 Å². The topological polar surface area (TPSA) is 58.0 Å². The van der Waals surface area contributed by atoms with Gasteiger partial charge in [-0.2, -0.15) is 0 Å². The number of rotatable bonds is 5. The van der Waals surface area contributed by atoms with Crippen molar-refractivity contribution >= 4 is 11.1 Å². The van der Waals surface area contributed by atoms with Gasteiger partial charge in [-0.15, -0.1) is 0 Å². The molecule has 0 radical (unpaired) electrons. The molecular formula is C17H26N2O2. The number of aromatic amines is 1. The Kier molecular flexibility index (Phi) is 4.57. The molecule has 1 aromatic carbocycles. The molecule has 116 valence electrons. The van der Waals surface area contributed by atoms with Crippen LogP contribution >= 0.6 is 0 Å². The van der Waals surface area contributed by atoms with E-state index in [1.807, 2.05) is 12.1 Å². The zero-order valence-corrected chi connectivity index (χ0v) is 13.6. The zero-order valence-electron chi connectivity index (χ0n) is 13.6. The Balaban J connectivity index is 2.28. The predicted octanol–water partition coefficient (Wildman–Crippen LogP) is 3.84. The molecule has 0 aliphatic heterocycles. The predicted molar refractivity (Wildman–Crippen MR) is 86.5 cm³/mol. The fourth-order valence-corrected chi connectivity index (χ4v) is 2.47. The van der Waals surface area contributed by atoms with Gasteiger partial charge in [0.15, 0.2) is 5.58 Å². The Morgan fingerprint density at radius 1 is 1.33 bits per heavy atom. The number of H-pyrrole nitrogens is 1. The highest BCUT2D eigenvalue weighted by molar-refractivity contribution is 5.72. The van der Waals surface area contributed by atoms with Gasteiger partial charge in [0.05, 0.1) is 5.52 Å². The summed E-state index contributed by atoms with van der Waals surface area (Å²) in [6, 6.07) is 6.22. The van der Waals surface area contributed by atoms with Crippen molar-refractivity contribution in [2.45, 2.75) is 47.1 Å². The third-order valence-corrected chi connectivity index (χ3v) is 4.37. The fourth-order valence-electron chi connectivity index (χ4n) is 2.47. The Labute approximate surface area is 125 Å². The second-order valence-electron chi connectivity index (χ2n) is 6.88.